The van der Waals surface area contributed by atoms with Crippen molar-refractivity contribution in [3.05, 3.63) is 12.7 Å². The first-order chi connectivity index (χ1) is 5.29. The highest BCUT2D eigenvalue weighted by Gasteiger charge is 2.02. The number of nitrogens with zero attached hydrogens (tertiary/aromatic N) is 3. The molecule has 0 amide bonds. The van der Waals surface area contributed by atoms with E-state index in [-0.39, 0.29) is 6.54 Å². The van der Waals surface area contributed by atoms with E-state index in [9.17, 15) is 8.78 Å². The van der Waals surface area contributed by atoms with Crippen molar-refractivity contribution in [2.45, 2.75) is 13.0 Å². The summed E-state index contributed by atoms with van der Waals surface area (Å²) in [6, 6.07) is 0. The molecule has 0 radical (unpaired) electrons. The zero-order valence-corrected chi connectivity index (χ0v) is 5.98. The number of alkyl halides is 2. The predicted octanol–water partition coefficient (Wildman–Crippen LogP) is 0.152. The summed E-state index contributed by atoms with van der Waals surface area (Å²) in [5.41, 5.74) is 0. The molecule has 0 saturated heterocycles. The van der Waals surface area contributed by atoms with Gasteiger partial charge in [-0.2, -0.15) is 5.10 Å². The highest BCUT2D eigenvalue weighted by Crippen LogP contribution is 1.94. The van der Waals surface area contributed by atoms with Crippen LogP contribution in [0.1, 0.15) is 0 Å². The van der Waals surface area contributed by atoms with Crippen LogP contribution in [0.2, 0.25) is 0 Å². The first kappa shape index (κ1) is 9.96. The molecule has 0 spiro atoms. The van der Waals surface area contributed by atoms with Crippen LogP contribution in [-0.2, 0) is 6.54 Å². The minimum absolute atomic E-state index is 0.375. The molecule has 4 nitrogen and oxygen atoms in total. The van der Waals surface area contributed by atoms with Gasteiger partial charge in [0.15, 0.2) is 0 Å². The van der Waals surface area contributed by atoms with Crippen molar-refractivity contribution in [1.29, 1.82) is 0 Å². The molecule has 1 rings (SSSR count). The molecule has 0 aliphatic rings. The van der Waals surface area contributed by atoms with E-state index in [4.69, 9.17) is 5.11 Å². The zero-order chi connectivity index (χ0) is 8.69. The van der Waals surface area contributed by atoms with Crippen LogP contribution < -0.4 is 0 Å². The van der Waals surface area contributed by atoms with Crippen LogP contribution in [-0.4, -0.2) is 33.4 Å². The van der Waals surface area contributed by atoms with Crippen molar-refractivity contribution in [2.75, 3.05) is 7.11 Å². The maximum absolute atomic E-state index is 11.5. The second kappa shape index (κ2) is 5.72. The Bertz CT molecular complexity index is 166. The Kier molecular flexibility index (Phi) is 5.18. The van der Waals surface area contributed by atoms with Gasteiger partial charge in [-0.15, -0.1) is 0 Å². The zero-order valence-electron chi connectivity index (χ0n) is 5.98. The molecule has 0 saturated carbocycles. The van der Waals surface area contributed by atoms with E-state index in [1.54, 1.807) is 0 Å². The SMILES string of the molecule is CO.FC(F)Cn1cncn1. The lowest BCUT2D eigenvalue weighted by Gasteiger charge is -1.95. The van der Waals surface area contributed by atoms with Gasteiger partial charge in [0.25, 0.3) is 6.43 Å². The van der Waals surface area contributed by atoms with Gasteiger partial charge < -0.3 is 5.11 Å². The average molecular weight is 165 g/mol. The number of halogens is 2. The fourth-order valence-corrected chi connectivity index (χ4v) is 0.468. The molecule has 1 N–H and O–H groups in total. The van der Waals surface area contributed by atoms with Gasteiger partial charge in [0, 0.05) is 7.11 Å². The molecule has 6 heteroatoms. The largest absolute Gasteiger partial charge is 0.400 e. The molecule has 0 aliphatic heterocycles. The molecule has 1 heterocycles. The minimum Gasteiger partial charge on any atom is -0.400 e. The van der Waals surface area contributed by atoms with Crippen LogP contribution in [0, 0.1) is 0 Å². The normalized spacial score (nSPS) is 9.18. The highest BCUT2D eigenvalue weighted by molar-refractivity contribution is 4.55. The van der Waals surface area contributed by atoms with Gasteiger partial charge in [-0.05, 0) is 0 Å². The van der Waals surface area contributed by atoms with Crippen molar-refractivity contribution in [3.63, 3.8) is 0 Å². The third-order valence-corrected chi connectivity index (χ3v) is 0.792. The van der Waals surface area contributed by atoms with Crippen molar-refractivity contribution in [3.8, 4) is 0 Å². The molecule has 0 aliphatic carbocycles. The molecule has 0 unspecified atom stereocenters. The second-order valence-electron chi connectivity index (χ2n) is 1.51. The lowest BCUT2D eigenvalue weighted by Crippen LogP contribution is -2.06. The van der Waals surface area contributed by atoms with Crippen LogP contribution in [0.25, 0.3) is 0 Å². The molecular weight excluding hydrogens is 156 g/mol. The number of aliphatic hydroxyl groups is 1. The third-order valence-electron chi connectivity index (χ3n) is 0.792. The summed E-state index contributed by atoms with van der Waals surface area (Å²) in [6.07, 6.45) is 0.126. The Labute approximate surface area is 62.5 Å². The Hall–Kier alpha value is -1.04. The van der Waals surface area contributed by atoms with Crippen LogP contribution in [0.5, 0.6) is 0 Å². The van der Waals surface area contributed by atoms with Crippen molar-refractivity contribution >= 4 is 0 Å². The summed E-state index contributed by atoms with van der Waals surface area (Å²) in [5, 5.41) is 10.5. The minimum atomic E-state index is -2.35. The first-order valence-corrected chi connectivity index (χ1v) is 2.84. The van der Waals surface area contributed by atoms with E-state index in [1.165, 1.54) is 12.7 Å². The second-order valence-corrected chi connectivity index (χ2v) is 1.51. The summed E-state index contributed by atoms with van der Waals surface area (Å²) < 4.78 is 24.1. The summed E-state index contributed by atoms with van der Waals surface area (Å²) in [5.74, 6) is 0. The maximum atomic E-state index is 11.5. The molecule has 1 aromatic heterocycles. The molecule has 0 aromatic carbocycles. The number of aliphatic hydroxyl groups excluding tert-OH is 1. The van der Waals surface area contributed by atoms with Gasteiger partial charge in [-0.25, -0.2) is 18.4 Å². The van der Waals surface area contributed by atoms with Gasteiger partial charge >= 0.3 is 0 Å². The van der Waals surface area contributed by atoms with E-state index in [0.717, 1.165) is 11.8 Å². The topological polar surface area (TPSA) is 50.9 Å². The average Bonchev–Trinajstić information content (AvgIpc) is 2.43. The molecular formula is C5H9F2N3O. The third kappa shape index (κ3) is 4.38. The van der Waals surface area contributed by atoms with E-state index in [0.29, 0.717) is 0 Å². The van der Waals surface area contributed by atoms with E-state index >= 15 is 0 Å². The number of aromatic nitrogens is 3. The fourth-order valence-electron chi connectivity index (χ4n) is 0.468. The van der Waals surface area contributed by atoms with E-state index in [1.807, 2.05) is 0 Å². The van der Waals surface area contributed by atoms with Crippen molar-refractivity contribution < 1.29 is 13.9 Å². The Balaban J connectivity index is 0.000000461. The van der Waals surface area contributed by atoms with Crippen LogP contribution in [0.3, 0.4) is 0 Å². The smallest absolute Gasteiger partial charge is 0.257 e. The summed E-state index contributed by atoms with van der Waals surface area (Å²) in [6.45, 7) is -0.375. The Morgan fingerprint density at radius 3 is 2.55 bits per heavy atom. The van der Waals surface area contributed by atoms with E-state index in [2.05, 4.69) is 10.1 Å². The Morgan fingerprint density at radius 1 is 1.55 bits per heavy atom. The van der Waals surface area contributed by atoms with Gasteiger partial charge in [-0.3, -0.25) is 0 Å². The van der Waals surface area contributed by atoms with Crippen LogP contribution in [0.4, 0.5) is 8.78 Å². The number of hydrogen-bond acceptors (Lipinski definition) is 3. The standard InChI is InChI=1S/C4H5F2N3.CH4O/c5-4(6)1-9-3-7-2-8-9;1-2/h2-4H,1H2;2H,1H3. The molecule has 11 heavy (non-hydrogen) atoms. The van der Waals surface area contributed by atoms with Crippen molar-refractivity contribution in [2.24, 2.45) is 0 Å². The highest BCUT2D eigenvalue weighted by atomic mass is 19.3. The van der Waals surface area contributed by atoms with Gasteiger partial charge in [0.05, 0.1) is 0 Å². The lowest BCUT2D eigenvalue weighted by molar-refractivity contribution is 0.121. The van der Waals surface area contributed by atoms with Crippen LogP contribution >= 0.6 is 0 Å². The molecule has 0 atom stereocenters. The fraction of sp³-hybridized carbons (Fsp3) is 0.600. The monoisotopic (exact) mass is 165 g/mol. The molecule has 0 bridgehead atoms. The molecule has 0 fully saturated rings. The summed E-state index contributed by atoms with van der Waals surface area (Å²) in [4.78, 5) is 3.49. The maximum Gasteiger partial charge on any atom is 0.257 e. The van der Waals surface area contributed by atoms with Gasteiger partial charge in [-0.1, -0.05) is 0 Å². The molecule has 1 aromatic rings. The van der Waals surface area contributed by atoms with Crippen molar-refractivity contribution in [1.82, 2.24) is 14.8 Å². The Morgan fingerprint density at radius 2 is 2.18 bits per heavy atom. The lowest BCUT2D eigenvalue weighted by atomic mass is 10.7. The number of rotatable bonds is 2. The van der Waals surface area contributed by atoms with E-state index < -0.39 is 6.43 Å². The van der Waals surface area contributed by atoms with Gasteiger partial charge in [0.2, 0.25) is 0 Å². The first-order valence-electron chi connectivity index (χ1n) is 2.84. The number of hydrogen-bond donors (Lipinski definition) is 1. The quantitative estimate of drug-likeness (QED) is 0.678. The summed E-state index contributed by atoms with van der Waals surface area (Å²) in [7, 11) is 1.00. The van der Waals surface area contributed by atoms with Gasteiger partial charge in [0.1, 0.15) is 19.2 Å². The van der Waals surface area contributed by atoms with Crippen LogP contribution in [0.15, 0.2) is 12.7 Å². The summed E-state index contributed by atoms with van der Waals surface area (Å²) >= 11 is 0. The predicted molar refractivity (Wildman–Crippen MR) is 34.2 cm³/mol. The molecule has 64 valence electrons.